The van der Waals surface area contributed by atoms with Crippen molar-refractivity contribution in [3.8, 4) is 5.69 Å². The van der Waals surface area contributed by atoms with Crippen LogP contribution in [0, 0.1) is 0 Å². The molecule has 2 aromatic heterocycles. The Morgan fingerprint density at radius 1 is 1.00 bits per heavy atom. The average Bonchev–Trinajstić information content (AvgIpc) is 3.11. The first-order chi connectivity index (χ1) is 14.4. The van der Waals surface area contributed by atoms with Gasteiger partial charge in [0.2, 0.25) is 5.91 Å². The number of alkyl halides is 3. The Kier molecular flexibility index (Phi) is 5.22. The molecule has 1 amide bonds. The van der Waals surface area contributed by atoms with E-state index in [1.165, 1.54) is 12.1 Å². The number of benzene rings is 2. The van der Waals surface area contributed by atoms with Gasteiger partial charge in [-0.2, -0.15) is 13.2 Å². The van der Waals surface area contributed by atoms with Crippen molar-refractivity contribution in [2.24, 2.45) is 0 Å². The molecule has 0 fully saturated rings. The molecule has 0 saturated carbocycles. The molecule has 4 aromatic rings. The van der Waals surface area contributed by atoms with Gasteiger partial charge in [0.1, 0.15) is 11.3 Å². The van der Waals surface area contributed by atoms with E-state index in [9.17, 15) is 18.0 Å². The zero-order chi connectivity index (χ0) is 21.1. The number of halogens is 3. The molecular formula is C22H17F3N4O. The molecule has 0 bridgehead atoms. The number of pyridine rings is 1. The van der Waals surface area contributed by atoms with Gasteiger partial charge in [-0.15, -0.1) is 0 Å². The first-order valence-corrected chi connectivity index (χ1v) is 9.27. The van der Waals surface area contributed by atoms with Crippen molar-refractivity contribution in [2.75, 3.05) is 5.32 Å². The van der Waals surface area contributed by atoms with E-state index >= 15 is 0 Å². The maximum Gasteiger partial charge on any atom is 0.416 e. The van der Waals surface area contributed by atoms with Crippen molar-refractivity contribution in [3.63, 3.8) is 0 Å². The molecule has 8 heteroatoms. The van der Waals surface area contributed by atoms with Crippen LogP contribution in [-0.2, 0) is 17.4 Å². The lowest BCUT2D eigenvalue weighted by atomic mass is 10.2. The number of hydrogen-bond acceptors (Lipinski definition) is 3. The Morgan fingerprint density at radius 2 is 1.80 bits per heavy atom. The van der Waals surface area contributed by atoms with Gasteiger partial charge in [-0.3, -0.25) is 9.36 Å². The van der Waals surface area contributed by atoms with Crippen LogP contribution >= 0.6 is 0 Å². The van der Waals surface area contributed by atoms with E-state index < -0.39 is 17.6 Å². The third kappa shape index (κ3) is 4.17. The molecule has 0 radical (unpaired) electrons. The van der Waals surface area contributed by atoms with Gasteiger partial charge >= 0.3 is 6.18 Å². The zero-order valence-corrected chi connectivity index (χ0v) is 15.7. The van der Waals surface area contributed by atoms with E-state index in [0.29, 0.717) is 23.4 Å². The molecule has 1 N–H and O–H groups in total. The molecule has 0 atom stereocenters. The number of nitrogens with zero attached hydrogens (tertiary/aromatic N) is 3. The van der Waals surface area contributed by atoms with Gasteiger partial charge in [0.25, 0.3) is 0 Å². The van der Waals surface area contributed by atoms with E-state index in [1.807, 2.05) is 41.0 Å². The molecule has 0 saturated heterocycles. The largest absolute Gasteiger partial charge is 0.416 e. The van der Waals surface area contributed by atoms with E-state index in [0.717, 1.165) is 17.8 Å². The maximum atomic E-state index is 12.9. The van der Waals surface area contributed by atoms with Gasteiger partial charge in [0.05, 0.1) is 5.56 Å². The molecule has 30 heavy (non-hydrogen) atoms. The Morgan fingerprint density at radius 3 is 2.57 bits per heavy atom. The number of hydrogen-bond donors (Lipinski definition) is 1. The SMILES string of the molecule is O=C(CCc1nc2cccnc2n1-c1ccccc1)Nc1cccc(C(F)(F)F)c1. The van der Waals surface area contributed by atoms with E-state index in [-0.39, 0.29) is 12.1 Å². The van der Waals surface area contributed by atoms with Crippen LogP contribution < -0.4 is 5.32 Å². The zero-order valence-electron chi connectivity index (χ0n) is 15.7. The second-order valence-corrected chi connectivity index (χ2v) is 6.67. The van der Waals surface area contributed by atoms with E-state index in [4.69, 9.17) is 0 Å². The average molecular weight is 410 g/mol. The van der Waals surface area contributed by atoms with Gasteiger partial charge in [-0.25, -0.2) is 9.97 Å². The van der Waals surface area contributed by atoms with Crippen molar-refractivity contribution in [2.45, 2.75) is 19.0 Å². The van der Waals surface area contributed by atoms with Crippen molar-refractivity contribution >= 4 is 22.8 Å². The van der Waals surface area contributed by atoms with Crippen LogP contribution in [0.4, 0.5) is 18.9 Å². The predicted octanol–water partition coefficient (Wildman–Crippen LogP) is 5.01. The minimum Gasteiger partial charge on any atom is -0.326 e. The summed E-state index contributed by atoms with van der Waals surface area (Å²) in [6.45, 7) is 0. The maximum absolute atomic E-state index is 12.9. The highest BCUT2D eigenvalue weighted by molar-refractivity contribution is 5.91. The van der Waals surface area contributed by atoms with Crippen molar-refractivity contribution in [3.05, 3.63) is 84.3 Å². The fourth-order valence-corrected chi connectivity index (χ4v) is 3.20. The smallest absolute Gasteiger partial charge is 0.326 e. The summed E-state index contributed by atoms with van der Waals surface area (Å²) in [4.78, 5) is 21.4. The van der Waals surface area contributed by atoms with Crippen LogP contribution in [-0.4, -0.2) is 20.4 Å². The van der Waals surface area contributed by atoms with Crippen LogP contribution in [0.25, 0.3) is 16.9 Å². The van der Waals surface area contributed by atoms with Crippen LogP contribution in [0.2, 0.25) is 0 Å². The third-order valence-corrected chi connectivity index (χ3v) is 4.55. The number of fused-ring (bicyclic) bond motifs is 1. The first kappa shape index (κ1) is 19.6. The monoisotopic (exact) mass is 410 g/mol. The summed E-state index contributed by atoms with van der Waals surface area (Å²) in [6.07, 6.45) is -2.43. The molecule has 0 aliphatic rings. The first-order valence-electron chi connectivity index (χ1n) is 9.27. The van der Waals surface area contributed by atoms with Gasteiger partial charge in [-0.1, -0.05) is 24.3 Å². The number of aryl methyl sites for hydroxylation is 1. The highest BCUT2D eigenvalue weighted by Gasteiger charge is 2.30. The number of carbonyl (C=O) groups excluding carboxylic acids is 1. The van der Waals surface area contributed by atoms with Gasteiger partial charge in [0.15, 0.2) is 5.65 Å². The quantitative estimate of drug-likeness (QED) is 0.503. The number of imidazole rings is 1. The standard InChI is InChI=1S/C22H17F3N4O/c23-22(24,25)15-6-4-7-16(14-15)27-20(30)12-11-19-28-18-10-5-13-26-21(18)29(19)17-8-2-1-3-9-17/h1-10,13-14H,11-12H2,(H,27,30). The number of rotatable bonds is 5. The molecule has 2 aromatic carbocycles. The van der Waals surface area contributed by atoms with Gasteiger partial charge in [-0.05, 0) is 42.5 Å². The topological polar surface area (TPSA) is 59.8 Å². The van der Waals surface area contributed by atoms with Crippen molar-refractivity contribution < 1.29 is 18.0 Å². The fourth-order valence-electron chi connectivity index (χ4n) is 3.20. The fraction of sp³-hybridized carbons (Fsp3) is 0.136. The number of carbonyl (C=O) groups is 1. The Bertz CT molecular complexity index is 1190. The van der Waals surface area contributed by atoms with Gasteiger partial charge < -0.3 is 5.32 Å². The number of amides is 1. The Balaban J connectivity index is 1.54. The number of para-hydroxylation sites is 1. The molecule has 152 valence electrons. The predicted molar refractivity (Wildman–Crippen MR) is 107 cm³/mol. The molecule has 0 unspecified atom stereocenters. The molecule has 0 spiro atoms. The normalized spacial score (nSPS) is 11.6. The number of nitrogens with one attached hydrogen (secondary N) is 1. The summed E-state index contributed by atoms with van der Waals surface area (Å²) in [5, 5.41) is 2.53. The van der Waals surface area contributed by atoms with Crippen molar-refractivity contribution in [1.29, 1.82) is 0 Å². The number of anilines is 1. The molecular weight excluding hydrogens is 393 g/mol. The van der Waals surface area contributed by atoms with E-state index in [1.54, 1.807) is 12.3 Å². The molecule has 0 aliphatic heterocycles. The Hall–Kier alpha value is -3.68. The second kappa shape index (κ2) is 7.98. The summed E-state index contributed by atoms with van der Waals surface area (Å²) < 4.78 is 40.4. The lowest BCUT2D eigenvalue weighted by molar-refractivity contribution is -0.137. The highest BCUT2D eigenvalue weighted by Crippen LogP contribution is 2.30. The van der Waals surface area contributed by atoms with E-state index in [2.05, 4.69) is 15.3 Å². The minimum atomic E-state index is -4.46. The second-order valence-electron chi connectivity index (χ2n) is 6.67. The molecule has 0 aliphatic carbocycles. The summed E-state index contributed by atoms with van der Waals surface area (Å²) in [5.41, 5.74) is 1.55. The van der Waals surface area contributed by atoms with Crippen molar-refractivity contribution in [1.82, 2.24) is 14.5 Å². The highest BCUT2D eigenvalue weighted by atomic mass is 19.4. The van der Waals surface area contributed by atoms with Gasteiger partial charge in [0, 0.05) is 30.4 Å². The summed E-state index contributed by atoms with van der Waals surface area (Å²) in [6, 6.07) is 17.7. The van der Waals surface area contributed by atoms with Crippen LogP contribution in [0.3, 0.4) is 0 Å². The lowest BCUT2D eigenvalue weighted by Crippen LogP contribution is -2.14. The lowest BCUT2D eigenvalue weighted by Gasteiger charge is -2.11. The summed E-state index contributed by atoms with van der Waals surface area (Å²) in [5.74, 6) is 0.253. The third-order valence-electron chi connectivity index (χ3n) is 4.55. The molecule has 2 heterocycles. The Labute approximate surface area is 170 Å². The molecule has 5 nitrogen and oxygen atoms in total. The van der Waals surface area contributed by atoms with Crippen LogP contribution in [0.1, 0.15) is 17.8 Å². The molecule has 4 rings (SSSR count). The van der Waals surface area contributed by atoms with Crippen LogP contribution in [0.15, 0.2) is 72.9 Å². The summed E-state index contributed by atoms with van der Waals surface area (Å²) in [7, 11) is 0. The minimum absolute atomic E-state index is 0.0619. The summed E-state index contributed by atoms with van der Waals surface area (Å²) >= 11 is 0. The van der Waals surface area contributed by atoms with Crippen LogP contribution in [0.5, 0.6) is 0 Å². The number of aromatic nitrogens is 3.